The zero-order valence-corrected chi connectivity index (χ0v) is 19.7. The lowest BCUT2D eigenvalue weighted by Gasteiger charge is -2.34. The number of aliphatic imine (C=N–C) groups is 1. The maximum Gasteiger partial charge on any atom is 0.407 e. The minimum absolute atomic E-state index is 0.0883. The number of carbonyl (C=O) groups excluding carboxylic acids is 2. The van der Waals surface area contributed by atoms with Crippen molar-refractivity contribution in [1.82, 2.24) is 15.5 Å². The van der Waals surface area contributed by atoms with Gasteiger partial charge in [0.25, 0.3) is 0 Å². The van der Waals surface area contributed by atoms with E-state index in [1.807, 2.05) is 41.5 Å². The number of rotatable bonds is 7. The molecule has 0 radical (unpaired) electrons. The molecule has 0 unspecified atom stereocenters. The van der Waals surface area contributed by atoms with Gasteiger partial charge in [0.2, 0.25) is 0 Å². The van der Waals surface area contributed by atoms with E-state index in [-0.39, 0.29) is 18.6 Å². The summed E-state index contributed by atoms with van der Waals surface area (Å²) in [5.74, 6) is 0.391. The molecule has 1 fully saturated rings. The van der Waals surface area contributed by atoms with Crippen molar-refractivity contribution in [3.8, 4) is 0 Å². The van der Waals surface area contributed by atoms with E-state index in [2.05, 4.69) is 20.5 Å². The molecule has 9 nitrogen and oxygen atoms in total. The summed E-state index contributed by atoms with van der Waals surface area (Å²) in [6.07, 6.45) is 2.28. The van der Waals surface area contributed by atoms with Crippen molar-refractivity contribution in [1.29, 1.82) is 0 Å². The average Bonchev–Trinajstić information content (AvgIpc) is 2.60. The maximum absolute atomic E-state index is 11.9. The van der Waals surface area contributed by atoms with Gasteiger partial charge in [-0.15, -0.1) is 0 Å². The van der Waals surface area contributed by atoms with Crippen LogP contribution in [0.15, 0.2) is 4.99 Å². The fraction of sp³-hybridized carbons (Fsp3) is 0.857. The molecule has 0 atom stereocenters. The molecule has 1 amide bonds. The zero-order chi connectivity index (χ0) is 22.8. The maximum atomic E-state index is 11.9. The van der Waals surface area contributed by atoms with Gasteiger partial charge in [-0.25, -0.2) is 4.79 Å². The van der Waals surface area contributed by atoms with Crippen LogP contribution >= 0.6 is 0 Å². The fourth-order valence-corrected chi connectivity index (χ4v) is 2.92. The standard InChI is InChI=1S/C21H40N4O5/c1-20(2,3)29-17(26)15-24-18(22-7)25-12-9-16(10-13-25)28-14-8-11-23-19(27)30-21(4,5)6/h16H,8-15H2,1-7H3,(H,22,24)(H,23,27). The number of guanidine groups is 1. The van der Waals surface area contributed by atoms with Crippen LogP contribution in [0, 0.1) is 0 Å². The Morgan fingerprint density at radius 2 is 1.60 bits per heavy atom. The quantitative estimate of drug-likeness (QED) is 0.278. The summed E-state index contributed by atoms with van der Waals surface area (Å²) in [5, 5.41) is 5.80. The molecule has 0 aromatic carbocycles. The first-order valence-electron chi connectivity index (χ1n) is 10.7. The zero-order valence-electron chi connectivity index (χ0n) is 19.7. The molecular formula is C21H40N4O5. The predicted octanol–water partition coefficient (Wildman–Crippen LogP) is 2.30. The van der Waals surface area contributed by atoms with Gasteiger partial charge in [0.1, 0.15) is 17.7 Å². The highest BCUT2D eigenvalue weighted by atomic mass is 16.6. The number of hydrogen-bond donors (Lipinski definition) is 2. The summed E-state index contributed by atoms with van der Waals surface area (Å²) in [6.45, 7) is 13.8. The van der Waals surface area contributed by atoms with Crippen LogP contribution in [0.25, 0.3) is 0 Å². The molecular weight excluding hydrogens is 388 g/mol. The lowest BCUT2D eigenvalue weighted by Crippen LogP contribution is -2.48. The van der Waals surface area contributed by atoms with Crippen LogP contribution in [-0.2, 0) is 19.0 Å². The number of nitrogens with zero attached hydrogens (tertiary/aromatic N) is 2. The summed E-state index contributed by atoms with van der Waals surface area (Å²) in [5.41, 5.74) is -0.989. The molecule has 174 valence electrons. The molecule has 30 heavy (non-hydrogen) atoms. The minimum atomic E-state index is -0.500. The normalized spacial score (nSPS) is 16.2. The molecule has 0 aromatic heterocycles. The van der Waals surface area contributed by atoms with Crippen LogP contribution < -0.4 is 10.6 Å². The second kappa shape index (κ2) is 12.0. The van der Waals surface area contributed by atoms with Crippen LogP contribution in [0.5, 0.6) is 0 Å². The monoisotopic (exact) mass is 428 g/mol. The van der Waals surface area contributed by atoms with Crippen LogP contribution in [0.3, 0.4) is 0 Å². The highest BCUT2D eigenvalue weighted by Gasteiger charge is 2.23. The van der Waals surface area contributed by atoms with E-state index < -0.39 is 17.3 Å². The van der Waals surface area contributed by atoms with E-state index in [4.69, 9.17) is 14.2 Å². The van der Waals surface area contributed by atoms with Gasteiger partial charge in [-0.1, -0.05) is 0 Å². The molecule has 0 aliphatic carbocycles. The van der Waals surface area contributed by atoms with Crippen molar-refractivity contribution < 1.29 is 23.8 Å². The number of amides is 1. The number of alkyl carbamates (subject to hydrolysis) is 1. The highest BCUT2D eigenvalue weighted by molar-refractivity contribution is 5.84. The van der Waals surface area contributed by atoms with Crippen LogP contribution in [-0.4, -0.2) is 80.1 Å². The summed E-state index contributed by atoms with van der Waals surface area (Å²) in [7, 11) is 1.71. The largest absolute Gasteiger partial charge is 0.459 e. The third-order valence-electron chi connectivity index (χ3n) is 4.11. The number of ether oxygens (including phenoxy) is 3. The van der Waals surface area contributed by atoms with Gasteiger partial charge in [0.05, 0.1) is 6.10 Å². The number of hydrogen-bond acceptors (Lipinski definition) is 6. The van der Waals surface area contributed by atoms with E-state index in [9.17, 15) is 9.59 Å². The summed E-state index contributed by atoms with van der Waals surface area (Å²) in [6, 6.07) is 0. The lowest BCUT2D eigenvalue weighted by atomic mass is 10.1. The molecule has 0 aromatic rings. The van der Waals surface area contributed by atoms with Gasteiger partial charge >= 0.3 is 12.1 Å². The fourth-order valence-electron chi connectivity index (χ4n) is 2.92. The first-order chi connectivity index (χ1) is 13.9. The van der Waals surface area contributed by atoms with E-state index in [0.29, 0.717) is 19.1 Å². The third-order valence-corrected chi connectivity index (χ3v) is 4.11. The predicted molar refractivity (Wildman–Crippen MR) is 117 cm³/mol. The summed E-state index contributed by atoms with van der Waals surface area (Å²) >= 11 is 0. The van der Waals surface area contributed by atoms with E-state index in [1.165, 1.54) is 0 Å². The first-order valence-corrected chi connectivity index (χ1v) is 10.7. The average molecular weight is 429 g/mol. The van der Waals surface area contributed by atoms with Crippen LogP contribution in [0.2, 0.25) is 0 Å². The van der Waals surface area contributed by atoms with Crippen molar-refractivity contribution in [3.05, 3.63) is 0 Å². The number of carbonyl (C=O) groups is 2. The molecule has 1 heterocycles. The van der Waals surface area contributed by atoms with Crippen LogP contribution in [0.4, 0.5) is 4.79 Å². The van der Waals surface area contributed by atoms with Crippen molar-refractivity contribution in [2.75, 3.05) is 39.8 Å². The van der Waals surface area contributed by atoms with Gasteiger partial charge in [-0.05, 0) is 60.8 Å². The Kier molecular flexibility index (Phi) is 10.4. The van der Waals surface area contributed by atoms with Gasteiger partial charge in [-0.3, -0.25) is 9.79 Å². The molecule has 1 aliphatic heterocycles. The van der Waals surface area contributed by atoms with Crippen molar-refractivity contribution >= 4 is 18.0 Å². The molecule has 0 saturated carbocycles. The highest BCUT2D eigenvalue weighted by Crippen LogP contribution is 2.14. The Balaban J connectivity index is 2.21. The van der Waals surface area contributed by atoms with E-state index in [0.717, 1.165) is 32.4 Å². The van der Waals surface area contributed by atoms with Crippen molar-refractivity contribution in [3.63, 3.8) is 0 Å². The van der Waals surface area contributed by atoms with Gasteiger partial charge in [0.15, 0.2) is 5.96 Å². The summed E-state index contributed by atoms with van der Waals surface area (Å²) < 4.78 is 16.4. The van der Waals surface area contributed by atoms with Gasteiger partial charge in [-0.2, -0.15) is 0 Å². The Morgan fingerprint density at radius 3 is 2.13 bits per heavy atom. The molecule has 0 bridgehead atoms. The SMILES string of the molecule is CN=C(NCC(=O)OC(C)(C)C)N1CCC(OCCCNC(=O)OC(C)(C)C)CC1. The number of nitrogens with one attached hydrogen (secondary N) is 2. The third kappa shape index (κ3) is 11.8. The molecule has 1 aliphatic rings. The van der Waals surface area contributed by atoms with Crippen molar-refractivity contribution in [2.45, 2.75) is 78.1 Å². The Bertz CT molecular complexity index is 573. The van der Waals surface area contributed by atoms with Crippen LogP contribution in [0.1, 0.15) is 60.8 Å². The molecule has 9 heteroatoms. The number of esters is 1. The van der Waals surface area contributed by atoms with Gasteiger partial charge in [0, 0.05) is 33.3 Å². The van der Waals surface area contributed by atoms with E-state index >= 15 is 0 Å². The Labute approximate surface area is 180 Å². The molecule has 1 rings (SSSR count). The second-order valence-electron chi connectivity index (χ2n) is 9.33. The molecule has 1 saturated heterocycles. The molecule has 2 N–H and O–H groups in total. The molecule has 0 spiro atoms. The Morgan fingerprint density at radius 1 is 1.00 bits per heavy atom. The minimum Gasteiger partial charge on any atom is -0.459 e. The summed E-state index contributed by atoms with van der Waals surface area (Å²) in [4.78, 5) is 29.9. The Hall–Kier alpha value is -2.03. The smallest absolute Gasteiger partial charge is 0.407 e. The number of piperidine rings is 1. The topological polar surface area (TPSA) is 101 Å². The van der Waals surface area contributed by atoms with Crippen molar-refractivity contribution in [2.24, 2.45) is 4.99 Å². The second-order valence-corrected chi connectivity index (χ2v) is 9.33. The lowest BCUT2D eigenvalue weighted by molar-refractivity contribution is -0.153. The number of likely N-dealkylation sites (tertiary alicyclic amines) is 1. The van der Waals surface area contributed by atoms with E-state index in [1.54, 1.807) is 7.05 Å². The van der Waals surface area contributed by atoms with Gasteiger partial charge < -0.3 is 29.7 Å². The first kappa shape index (κ1) is 26.0.